The van der Waals surface area contributed by atoms with Crippen LogP contribution in [-0.4, -0.2) is 56.7 Å². The molecule has 1 aromatic heterocycles. The standard InChI is InChI=1S/C19H25N5O/c25-19(23-11-3-4-18(13-23)24-15-20-14-21-24)17-7-5-16(6-8-17)12-22-9-1-2-10-22/h5-8,14-15,18H,1-4,9-13H2/t18-/m1/s1. The minimum absolute atomic E-state index is 0.123. The Kier molecular flexibility index (Phi) is 4.78. The zero-order valence-corrected chi connectivity index (χ0v) is 14.5. The molecule has 0 radical (unpaired) electrons. The Morgan fingerprint density at radius 2 is 1.88 bits per heavy atom. The topological polar surface area (TPSA) is 54.3 Å². The third kappa shape index (κ3) is 3.74. The van der Waals surface area contributed by atoms with Crippen molar-refractivity contribution in [3.05, 3.63) is 48.0 Å². The molecule has 1 atom stereocenters. The van der Waals surface area contributed by atoms with Gasteiger partial charge in [-0.3, -0.25) is 9.69 Å². The SMILES string of the molecule is O=C(c1ccc(CN2CCCC2)cc1)N1CCC[C@@H](n2cncn2)C1. The molecule has 25 heavy (non-hydrogen) atoms. The van der Waals surface area contributed by atoms with Crippen LogP contribution in [0.2, 0.25) is 0 Å². The second-order valence-electron chi connectivity index (χ2n) is 7.10. The molecule has 2 aliphatic rings. The van der Waals surface area contributed by atoms with E-state index in [9.17, 15) is 4.79 Å². The van der Waals surface area contributed by atoms with E-state index in [1.54, 1.807) is 12.7 Å². The lowest BCUT2D eigenvalue weighted by atomic mass is 10.0. The summed E-state index contributed by atoms with van der Waals surface area (Å²) in [5, 5.41) is 4.23. The van der Waals surface area contributed by atoms with Gasteiger partial charge >= 0.3 is 0 Å². The van der Waals surface area contributed by atoms with Crippen LogP contribution in [-0.2, 0) is 6.54 Å². The van der Waals surface area contributed by atoms with E-state index >= 15 is 0 Å². The van der Waals surface area contributed by atoms with Crippen LogP contribution in [0.25, 0.3) is 0 Å². The number of piperidine rings is 1. The number of rotatable bonds is 4. The Morgan fingerprint density at radius 3 is 2.60 bits per heavy atom. The van der Waals surface area contributed by atoms with Gasteiger partial charge < -0.3 is 4.90 Å². The van der Waals surface area contributed by atoms with E-state index in [-0.39, 0.29) is 11.9 Å². The second-order valence-corrected chi connectivity index (χ2v) is 7.10. The maximum Gasteiger partial charge on any atom is 0.253 e. The lowest BCUT2D eigenvalue weighted by Gasteiger charge is -2.32. The second kappa shape index (κ2) is 7.35. The number of aromatic nitrogens is 3. The van der Waals surface area contributed by atoms with E-state index in [1.165, 1.54) is 31.5 Å². The van der Waals surface area contributed by atoms with Crippen molar-refractivity contribution >= 4 is 5.91 Å². The molecule has 6 heteroatoms. The number of amides is 1. The Morgan fingerprint density at radius 1 is 1.08 bits per heavy atom. The molecule has 0 unspecified atom stereocenters. The highest BCUT2D eigenvalue weighted by Crippen LogP contribution is 2.22. The number of hydrogen-bond acceptors (Lipinski definition) is 4. The summed E-state index contributed by atoms with van der Waals surface area (Å²) in [5.41, 5.74) is 2.07. The summed E-state index contributed by atoms with van der Waals surface area (Å²) in [7, 11) is 0. The van der Waals surface area contributed by atoms with Crippen molar-refractivity contribution in [2.24, 2.45) is 0 Å². The van der Waals surface area contributed by atoms with Crippen LogP contribution in [0.3, 0.4) is 0 Å². The van der Waals surface area contributed by atoms with E-state index < -0.39 is 0 Å². The molecule has 3 heterocycles. The Balaban J connectivity index is 1.39. The summed E-state index contributed by atoms with van der Waals surface area (Å²) < 4.78 is 1.87. The van der Waals surface area contributed by atoms with Crippen molar-refractivity contribution in [2.75, 3.05) is 26.2 Å². The van der Waals surface area contributed by atoms with E-state index in [2.05, 4.69) is 27.1 Å². The van der Waals surface area contributed by atoms with Crippen molar-refractivity contribution in [3.63, 3.8) is 0 Å². The van der Waals surface area contributed by atoms with Crippen molar-refractivity contribution in [3.8, 4) is 0 Å². The maximum absolute atomic E-state index is 12.8. The van der Waals surface area contributed by atoms with Gasteiger partial charge in [-0.2, -0.15) is 5.10 Å². The fraction of sp³-hybridized carbons (Fsp3) is 0.526. The molecule has 2 fully saturated rings. The minimum atomic E-state index is 0.123. The fourth-order valence-electron chi connectivity index (χ4n) is 3.90. The number of benzene rings is 1. The number of carbonyl (C=O) groups is 1. The molecular formula is C19H25N5O. The lowest BCUT2D eigenvalue weighted by Crippen LogP contribution is -2.40. The first kappa shape index (κ1) is 16.3. The Hall–Kier alpha value is -2.21. The Labute approximate surface area is 148 Å². The van der Waals surface area contributed by atoms with Crippen LogP contribution in [0.15, 0.2) is 36.9 Å². The molecular weight excluding hydrogens is 314 g/mol. The number of nitrogens with zero attached hydrogens (tertiary/aromatic N) is 5. The zero-order chi connectivity index (χ0) is 17.1. The number of hydrogen-bond donors (Lipinski definition) is 0. The van der Waals surface area contributed by atoms with Gasteiger partial charge in [0.2, 0.25) is 0 Å². The summed E-state index contributed by atoms with van der Waals surface area (Å²) in [5.74, 6) is 0.123. The van der Waals surface area contributed by atoms with Gasteiger partial charge in [0.25, 0.3) is 5.91 Å². The van der Waals surface area contributed by atoms with Crippen molar-refractivity contribution in [1.29, 1.82) is 0 Å². The predicted octanol–water partition coefficient (Wildman–Crippen LogP) is 2.35. The quantitative estimate of drug-likeness (QED) is 0.858. The third-order valence-corrected chi connectivity index (χ3v) is 5.30. The molecule has 132 valence electrons. The van der Waals surface area contributed by atoms with E-state index in [0.717, 1.165) is 31.5 Å². The van der Waals surface area contributed by atoms with Gasteiger partial charge in [0.15, 0.2) is 0 Å². The molecule has 0 spiro atoms. The van der Waals surface area contributed by atoms with Crippen LogP contribution >= 0.6 is 0 Å². The van der Waals surface area contributed by atoms with Gasteiger partial charge in [0, 0.05) is 25.2 Å². The maximum atomic E-state index is 12.8. The first-order chi connectivity index (χ1) is 12.3. The smallest absolute Gasteiger partial charge is 0.253 e. The third-order valence-electron chi connectivity index (χ3n) is 5.30. The summed E-state index contributed by atoms with van der Waals surface area (Å²) in [6.07, 6.45) is 7.95. The monoisotopic (exact) mass is 339 g/mol. The van der Waals surface area contributed by atoms with Gasteiger partial charge in [-0.05, 0) is 56.5 Å². The molecule has 0 bridgehead atoms. The summed E-state index contributed by atoms with van der Waals surface area (Å²) >= 11 is 0. The van der Waals surface area contributed by atoms with Gasteiger partial charge in [-0.25, -0.2) is 9.67 Å². The molecule has 0 N–H and O–H groups in total. The van der Waals surface area contributed by atoms with Gasteiger partial charge in [0.05, 0.1) is 6.04 Å². The highest BCUT2D eigenvalue weighted by atomic mass is 16.2. The zero-order valence-electron chi connectivity index (χ0n) is 14.5. The van der Waals surface area contributed by atoms with Gasteiger partial charge in [-0.15, -0.1) is 0 Å². The molecule has 6 nitrogen and oxygen atoms in total. The molecule has 1 amide bonds. The van der Waals surface area contributed by atoms with Crippen molar-refractivity contribution < 1.29 is 4.79 Å². The highest BCUT2D eigenvalue weighted by molar-refractivity contribution is 5.94. The van der Waals surface area contributed by atoms with Crippen LogP contribution < -0.4 is 0 Å². The molecule has 4 rings (SSSR count). The number of carbonyl (C=O) groups excluding carboxylic acids is 1. The minimum Gasteiger partial charge on any atom is -0.337 e. The highest BCUT2D eigenvalue weighted by Gasteiger charge is 2.26. The fourth-order valence-corrected chi connectivity index (χ4v) is 3.90. The van der Waals surface area contributed by atoms with E-state index in [4.69, 9.17) is 0 Å². The average molecular weight is 339 g/mol. The normalized spacial score (nSPS) is 21.6. The molecule has 2 aromatic rings. The largest absolute Gasteiger partial charge is 0.337 e. The molecule has 1 aromatic carbocycles. The van der Waals surface area contributed by atoms with Crippen LogP contribution in [0.1, 0.15) is 47.6 Å². The summed E-state index contributed by atoms with van der Waals surface area (Å²) in [4.78, 5) is 21.3. The van der Waals surface area contributed by atoms with E-state index in [0.29, 0.717) is 6.54 Å². The van der Waals surface area contributed by atoms with Gasteiger partial charge in [-0.1, -0.05) is 12.1 Å². The van der Waals surface area contributed by atoms with Crippen molar-refractivity contribution in [2.45, 2.75) is 38.3 Å². The van der Waals surface area contributed by atoms with Crippen molar-refractivity contribution in [1.82, 2.24) is 24.6 Å². The van der Waals surface area contributed by atoms with Crippen LogP contribution in [0, 0.1) is 0 Å². The van der Waals surface area contributed by atoms with Crippen LogP contribution in [0.5, 0.6) is 0 Å². The number of likely N-dealkylation sites (tertiary alicyclic amines) is 2. The Bertz CT molecular complexity index is 691. The average Bonchev–Trinajstić information content (AvgIpc) is 3.36. The summed E-state index contributed by atoms with van der Waals surface area (Å²) in [6, 6.07) is 8.39. The first-order valence-corrected chi connectivity index (χ1v) is 9.24. The molecule has 0 saturated carbocycles. The van der Waals surface area contributed by atoms with E-state index in [1.807, 2.05) is 21.7 Å². The molecule has 2 aliphatic heterocycles. The summed E-state index contributed by atoms with van der Waals surface area (Å²) in [6.45, 7) is 4.90. The molecule has 0 aliphatic carbocycles. The first-order valence-electron chi connectivity index (χ1n) is 9.24. The van der Waals surface area contributed by atoms with Gasteiger partial charge in [0.1, 0.15) is 12.7 Å². The molecule has 2 saturated heterocycles. The predicted molar refractivity (Wildman–Crippen MR) is 95.1 cm³/mol. The lowest BCUT2D eigenvalue weighted by molar-refractivity contribution is 0.0672. The van der Waals surface area contributed by atoms with Crippen LogP contribution in [0.4, 0.5) is 0 Å².